The summed E-state index contributed by atoms with van der Waals surface area (Å²) in [5.41, 5.74) is 3.79. The molecule has 1 aromatic rings. The Bertz CT molecular complexity index is 745. The van der Waals surface area contributed by atoms with Gasteiger partial charge in [0.25, 0.3) is 0 Å². The molecule has 4 rings (SSSR count). The molecule has 0 saturated carbocycles. The van der Waals surface area contributed by atoms with Crippen molar-refractivity contribution in [1.82, 2.24) is 4.98 Å². The first-order valence-corrected chi connectivity index (χ1v) is 5.72. The predicted molar refractivity (Wildman–Crippen MR) is 68.6 cm³/mol. The predicted octanol–water partition coefficient (Wildman–Crippen LogP) is 1.11. The van der Waals surface area contributed by atoms with Gasteiger partial charge in [-0.05, 0) is 40.7 Å². The van der Waals surface area contributed by atoms with Gasteiger partial charge in [-0.25, -0.2) is 0 Å². The second kappa shape index (κ2) is 3.14. The summed E-state index contributed by atoms with van der Waals surface area (Å²) in [6, 6.07) is 2.09. The minimum absolute atomic E-state index is 0.319. The second-order valence-electron chi connectivity index (χ2n) is 4.39. The summed E-state index contributed by atoms with van der Waals surface area (Å²) in [4.78, 5) is 8.66. The normalized spacial score (nSPS) is 23.3. The lowest BCUT2D eigenvalue weighted by atomic mass is 9.78. The van der Waals surface area contributed by atoms with Crippen molar-refractivity contribution in [3.63, 3.8) is 0 Å². The van der Waals surface area contributed by atoms with Crippen molar-refractivity contribution in [2.24, 2.45) is 10.9 Å². The Morgan fingerprint density at radius 3 is 3.18 bits per heavy atom. The van der Waals surface area contributed by atoms with Crippen molar-refractivity contribution >= 4 is 17.4 Å². The number of allylic oxidation sites excluding steroid dienone is 5. The number of pyridine rings is 1. The Morgan fingerprint density at radius 2 is 2.18 bits per heavy atom. The largest absolute Gasteiger partial charge is 0.264 e. The molecule has 1 aromatic heterocycles. The van der Waals surface area contributed by atoms with E-state index in [2.05, 4.69) is 46.4 Å². The maximum absolute atomic E-state index is 4.46. The third-order valence-corrected chi connectivity index (χ3v) is 3.46. The zero-order valence-corrected chi connectivity index (χ0v) is 9.17. The molecular weight excluding hydrogens is 208 g/mol. The molecule has 0 N–H and O–H groups in total. The van der Waals surface area contributed by atoms with Crippen LogP contribution >= 0.6 is 0 Å². The molecule has 2 heterocycles. The zero-order valence-electron chi connectivity index (χ0n) is 9.17. The van der Waals surface area contributed by atoms with Crippen molar-refractivity contribution in [3.05, 3.63) is 65.0 Å². The van der Waals surface area contributed by atoms with Crippen molar-refractivity contribution in [3.8, 4) is 0 Å². The molecule has 2 nitrogen and oxygen atoms in total. The van der Waals surface area contributed by atoms with Gasteiger partial charge in [0.15, 0.2) is 0 Å². The molecule has 80 valence electrons. The van der Waals surface area contributed by atoms with Gasteiger partial charge in [0.2, 0.25) is 0 Å². The van der Waals surface area contributed by atoms with E-state index in [9.17, 15) is 0 Å². The zero-order chi connectivity index (χ0) is 11.2. The van der Waals surface area contributed by atoms with Crippen LogP contribution in [0.3, 0.4) is 0 Å². The third kappa shape index (κ3) is 1.15. The van der Waals surface area contributed by atoms with Gasteiger partial charge in [-0.3, -0.25) is 9.98 Å². The van der Waals surface area contributed by atoms with E-state index in [1.165, 1.54) is 21.6 Å². The van der Waals surface area contributed by atoms with E-state index in [1.54, 1.807) is 0 Å². The highest BCUT2D eigenvalue weighted by Crippen LogP contribution is 2.31. The highest BCUT2D eigenvalue weighted by atomic mass is 14.7. The van der Waals surface area contributed by atoms with Crippen molar-refractivity contribution < 1.29 is 0 Å². The molecule has 17 heavy (non-hydrogen) atoms. The Hall–Kier alpha value is -2.22. The lowest BCUT2D eigenvalue weighted by molar-refractivity contribution is 1.05. The fraction of sp³-hybridized carbons (Fsp3) is 0.0667. The molecule has 3 aliphatic rings. The molecular formula is C15H10N2. The van der Waals surface area contributed by atoms with Gasteiger partial charge in [0.1, 0.15) is 0 Å². The molecule has 1 aliphatic heterocycles. The van der Waals surface area contributed by atoms with Crippen molar-refractivity contribution in [2.45, 2.75) is 0 Å². The van der Waals surface area contributed by atoms with Crippen LogP contribution in [0.4, 0.5) is 0 Å². The lowest BCUT2D eigenvalue weighted by Gasteiger charge is -2.27. The minimum Gasteiger partial charge on any atom is -0.264 e. The van der Waals surface area contributed by atoms with Crippen LogP contribution in [0.2, 0.25) is 0 Å². The Balaban J connectivity index is 2.19. The summed E-state index contributed by atoms with van der Waals surface area (Å²) in [5.74, 6) is 0.319. The van der Waals surface area contributed by atoms with E-state index < -0.39 is 0 Å². The number of rotatable bonds is 0. The fourth-order valence-electron chi connectivity index (χ4n) is 2.72. The Morgan fingerprint density at radius 1 is 1.18 bits per heavy atom. The second-order valence-corrected chi connectivity index (χ2v) is 4.39. The maximum Gasteiger partial charge on any atom is 0.0522 e. The monoisotopic (exact) mass is 218 g/mol. The van der Waals surface area contributed by atoms with Crippen LogP contribution in [-0.2, 0) is 0 Å². The molecule has 0 fully saturated rings. The molecule has 0 bridgehead atoms. The quantitative estimate of drug-likeness (QED) is 0.640. The smallest absolute Gasteiger partial charge is 0.0522 e. The van der Waals surface area contributed by atoms with E-state index in [0.717, 1.165) is 5.71 Å². The summed E-state index contributed by atoms with van der Waals surface area (Å²) in [5, 5.41) is 2.48. The standard InChI is InChI=1S/C15H10N2/c1-2-10-8-11-9-16-6-4-12(11)13-5-7-17-14(3-1)15(10)13/h1-9,15H. The van der Waals surface area contributed by atoms with Crippen LogP contribution in [0, 0.1) is 5.92 Å². The number of nitrogens with zero attached hydrogens (tertiary/aromatic N) is 2. The number of hydrogen-bond acceptors (Lipinski definition) is 2. The molecule has 2 aliphatic carbocycles. The van der Waals surface area contributed by atoms with Crippen LogP contribution in [0.15, 0.2) is 59.5 Å². The van der Waals surface area contributed by atoms with Crippen LogP contribution < -0.4 is 10.4 Å². The maximum atomic E-state index is 4.46. The van der Waals surface area contributed by atoms with Gasteiger partial charge in [-0.15, -0.1) is 0 Å². The number of fused-ring (bicyclic) bond motifs is 1. The van der Waals surface area contributed by atoms with E-state index in [0.29, 0.717) is 5.92 Å². The van der Waals surface area contributed by atoms with E-state index in [-0.39, 0.29) is 0 Å². The van der Waals surface area contributed by atoms with Gasteiger partial charge >= 0.3 is 0 Å². The highest BCUT2D eigenvalue weighted by Gasteiger charge is 2.27. The molecule has 0 saturated heterocycles. The minimum atomic E-state index is 0.319. The van der Waals surface area contributed by atoms with Crippen LogP contribution in [-0.4, -0.2) is 10.7 Å². The van der Waals surface area contributed by atoms with Gasteiger partial charge in [-0.1, -0.05) is 12.2 Å². The third-order valence-electron chi connectivity index (χ3n) is 3.46. The fourth-order valence-corrected chi connectivity index (χ4v) is 2.72. The summed E-state index contributed by atoms with van der Waals surface area (Å²) in [6.07, 6.45) is 16.3. The van der Waals surface area contributed by atoms with E-state index in [1.807, 2.05) is 18.6 Å². The average molecular weight is 218 g/mol. The molecule has 1 unspecified atom stereocenters. The SMILES string of the molecule is C1=CC2=NC=CC3=c4ccncc4=CC(=C1)C23. The van der Waals surface area contributed by atoms with Crippen LogP contribution in [0.1, 0.15) is 0 Å². The lowest BCUT2D eigenvalue weighted by Crippen LogP contribution is -2.37. The molecule has 0 aromatic carbocycles. The summed E-state index contributed by atoms with van der Waals surface area (Å²) in [6.45, 7) is 0. The molecule has 0 radical (unpaired) electrons. The van der Waals surface area contributed by atoms with Crippen molar-refractivity contribution in [1.29, 1.82) is 0 Å². The number of aromatic nitrogens is 1. The first-order chi connectivity index (χ1) is 8.43. The summed E-state index contributed by atoms with van der Waals surface area (Å²) in [7, 11) is 0. The van der Waals surface area contributed by atoms with Gasteiger partial charge < -0.3 is 0 Å². The first-order valence-electron chi connectivity index (χ1n) is 5.72. The topological polar surface area (TPSA) is 25.2 Å². The molecule has 1 atom stereocenters. The highest BCUT2D eigenvalue weighted by molar-refractivity contribution is 6.10. The molecule has 0 amide bonds. The Labute approximate surface area is 98.7 Å². The first kappa shape index (κ1) is 8.88. The van der Waals surface area contributed by atoms with Crippen LogP contribution in [0.5, 0.6) is 0 Å². The molecule has 2 heteroatoms. The number of aliphatic imine (C=N–C) groups is 1. The average Bonchev–Trinajstić information content (AvgIpc) is 2.39. The Kier molecular flexibility index (Phi) is 1.64. The molecule has 0 spiro atoms. The van der Waals surface area contributed by atoms with Gasteiger partial charge in [0, 0.05) is 23.8 Å². The summed E-state index contributed by atoms with van der Waals surface area (Å²) >= 11 is 0. The van der Waals surface area contributed by atoms with E-state index >= 15 is 0 Å². The van der Waals surface area contributed by atoms with Gasteiger partial charge in [-0.2, -0.15) is 0 Å². The van der Waals surface area contributed by atoms with E-state index in [4.69, 9.17) is 0 Å². The van der Waals surface area contributed by atoms with Gasteiger partial charge in [0.05, 0.1) is 11.6 Å². The van der Waals surface area contributed by atoms with Crippen molar-refractivity contribution in [2.75, 3.05) is 0 Å². The number of hydrogen-bond donors (Lipinski definition) is 0. The summed E-state index contributed by atoms with van der Waals surface area (Å²) < 4.78 is 0. The van der Waals surface area contributed by atoms with Crippen LogP contribution in [0.25, 0.3) is 11.6 Å².